The van der Waals surface area contributed by atoms with E-state index in [0.717, 1.165) is 12.8 Å². The van der Waals surface area contributed by atoms with Crippen LogP contribution >= 0.6 is 0 Å². The number of hydrogen-bond acceptors (Lipinski definition) is 1. The van der Waals surface area contributed by atoms with E-state index in [4.69, 9.17) is 4.74 Å². The van der Waals surface area contributed by atoms with Gasteiger partial charge in [-0.15, -0.1) is 0 Å². The van der Waals surface area contributed by atoms with Crippen molar-refractivity contribution in [1.29, 1.82) is 0 Å². The van der Waals surface area contributed by atoms with Gasteiger partial charge < -0.3 is 4.74 Å². The van der Waals surface area contributed by atoms with Gasteiger partial charge in [0.25, 0.3) is 0 Å². The van der Waals surface area contributed by atoms with Crippen LogP contribution < -0.4 is 0 Å². The summed E-state index contributed by atoms with van der Waals surface area (Å²) in [5, 5.41) is 0. The zero-order valence-electron chi connectivity index (χ0n) is 12.6. The van der Waals surface area contributed by atoms with Crippen molar-refractivity contribution in [3.8, 4) is 0 Å². The van der Waals surface area contributed by atoms with Crippen molar-refractivity contribution in [2.24, 2.45) is 0 Å². The van der Waals surface area contributed by atoms with E-state index in [9.17, 15) is 0 Å². The lowest BCUT2D eigenvalue weighted by atomic mass is 9.82. The fraction of sp³-hybridized carbons (Fsp3) is 0.647. The van der Waals surface area contributed by atoms with Gasteiger partial charge in [-0.2, -0.15) is 0 Å². The standard InChI is InChI=1S/C17H26O/c1-16(2,3)14-9-7-8-13-12(14)10-11-15(13)18-17(4,5)6/h7-9,15H,10-11H2,1-6H3/t15-/m0/s1. The molecule has 0 amide bonds. The van der Waals surface area contributed by atoms with Gasteiger partial charge in [0.15, 0.2) is 0 Å². The van der Waals surface area contributed by atoms with E-state index in [1.54, 1.807) is 0 Å². The van der Waals surface area contributed by atoms with E-state index in [2.05, 4.69) is 59.7 Å². The van der Waals surface area contributed by atoms with Crippen molar-refractivity contribution < 1.29 is 4.74 Å². The Morgan fingerprint density at radius 1 is 1.06 bits per heavy atom. The molecule has 1 aromatic rings. The molecule has 0 saturated heterocycles. The Balaban J connectivity index is 2.35. The minimum Gasteiger partial charge on any atom is -0.368 e. The number of benzene rings is 1. The highest BCUT2D eigenvalue weighted by Crippen LogP contribution is 2.41. The van der Waals surface area contributed by atoms with Gasteiger partial charge in [-0.3, -0.25) is 0 Å². The SMILES string of the molecule is CC(C)(C)O[C@H]1CCc2c1cccc2C(C)(C)C. The largest absolute Gasteiger partial charge is 0.368 e. The lowest BCUT2D eigenvalue weighted by Gasteiger charge is -2.26. The van der Waals surface area contributed by atoms with Crippen molar-refractivity contribution in [2.45, 2.75) is 71.5 Å². The molecule has 0 unspecified atom stereocenters. The van der Waals surface area contributed by atoms with Crippen LogP contribution in [0.3, 0.4) is 0 Å². The minimum atomic E-state index is -0.0655. The average Bonchev–Trinajstić information content (AvgIpc) is 2.57. The fourth-order valence-corrected chi connectivity index (χ4v) is 2.87. The molecular weight excluding hydrogens is 220 g/mol. The number of ether oxygens (including phenoxy) is 1. The van der Waals surface area contributed by atoms with E-state index in [0.29, 0.717) is 0 Å². The van der Waals surface area contributed by atoms with Crippen molar-refractivity contribution in [3.63, 3.8) is 0 Å². The second kappa shape index (κ2) is 4.38. The lowest BCUT2D eigenvalue weighted by Crippen LogP contribution is -2.21. The Morgan fingerprint density at radius 3 is 2.28 bits per heavy atom. The third-order valence-electron chi connectivity index (χ3n) is 3.52. The highest BCUT2D eigenvalue weighted by atomic mass is 16.5. The molecule has 0 aromatic heterocycles. The van der Waals surface area contributed by atoms with Gasteiger partial charge >= 0.3 is 0 Å². The van der Waals surface area contributed by atoms with Crippen molar-refractivity contribution in [1.82, 2.24) is 0 Å². The maximum absolute atomic E-state index is 6.19. The van der Waals surface area contributed by atoms with Gasteiger partial charge in [-0.1, -0.05) is 39.0 Å². The van der Waals surface area contributed by atoms with Gasteiger partial charge in [-0.25, -0.2) is 0 Å². The molecule has 1 atom stereocenters. The highest BCUT2D eigenvalue weighted by molar-refractivity contribution is 5.43. The summed E-state index contributed by atoms with van der Waals surface area (Å²) in [5.41, 5.74) is 4.59. The molecule has 2 rings (SSSR count). The molecule has 1 aliphatic carbocycles. The maximum Gasteiger partial charge on any atom is 0.0838 e. The first-order chi connectivity index (χ1) is 8.18. The summed E-state index contributed by atoms with van der Waals surface area (Å²) >= 11 is 0. The molecule has 1 heteroatoms. The van der Waals surface area contributed by atoms with E-state index in [1.807, 2.05) is 0 Å². The zero-order valence-corrected chi connectivity index (χ0v) is 12.6. The van der Waals surface area contributed by atoms with Crippen LogP contribution in [-0.4, -0.2) is 5.60 Å². The predicted octanol–water partition coefficient (Wildman–Crippen LogP) is 4.79. The summed E-state index contributed by atoms with van der Waals surface area (Å²) < 4.78 is 6.19. The summed E-state index contributed by atoms with van der Waals surface area (Å²) in [6.07, 6.45) is 2.56. The smallest absolute Gasteiger partial charge is 0.0838 e. The molecule has 0 spiro atoms. The second-order valence-electron chi connectivity index (χ2n) is 7.38. The molecule has 0 fully saturated rings. The van der Waals surface area contributed by atoms with E-state index in [-0.39, 0.29) is 17.1 Å². The number of fused-ring (bicyclic) bond motifs is 1. The lowest BCUT2D eigenvalue weighted by molar-refractivity contribution is -0.0605. The molecule has 1 nitrogen and oxygen atoms in total. The van der Waals surface area contributed by atoms with Gasteiger partial charge in [-0.05, 0) is 55.7 Å². The number of rotatable bonds is 1. The zero-order chi connectivity index (χ0) is 13.6. The summed E-state index contributed by atoms with van der Waals surface area (Å²) in [6, 6.07) is 6.70. The van der Waals surface area contributed by atoms with Crippen LogP contribution in [0.15, 0.2) is 18.2 Å². The molecule has 100 valence electrons. The summed E-state index contributed by atoms with van der Waals surface area (Å²) in [7, 11) is 0. The van der Waals surface area contributed by atoms with Crippen molar-refractivity contribution in [3.05, 3.63) is 34.9 Å². The molecule has 18 heavy (non-hydrogen) atoms. The van der Waals surface area contributed by atoms with Gasteiger partial charge in [0.2, 0.25) is 0 Å². The topological polar surface area (TPSA) is 9.23 Å². The first-order valence-electron chi connectivity index (χ1n) is 6.98. The Labute approximate surface area is 112 Å². The predicted molar refractivity (Wildman–Crippen MR) is 77.0 cm³/mol. The monoisotopic (exact) mass is 246 g/mol. The quantitative estimate of drug-likeness (QED) is 0.692. The summed E-state index contributed by atoms with van der Waals surface area (Å²) in [6.45, 7) is 13.3. The van der Waals surface area contributed by atoms with Crippen LogP contribution in [0.1, 0.15) is 70.8 Å². The van der Waals surface area contributed by atoms with E-state index in [1.165, 1.54) is 16.7 Å². The third-order valence-corrected chi connectivity index (χ3v) is 3.52. The highest BCUT2D eigenvalue weighted by Gasteiger charge is 2.31. The minimum absolute atomic E-state index is 0.0655. The van der Waals surface area contributed by atoms with Crippen LogP contribution in [0.5, 0.6) is 0 Å². The molecule has 0 heterocycles. The van der Waals surface area contributed by atoms with Crippen LogP contribution in [0.2, 0.25) is 0 Å². The van der Waals surface area contributed by atoms with Gasteiger partial charge in [0.1, 0.15) is 0 Å². The van der Waals surface area contributed by atoms with Crippen LogP contribution in [0, 0.1) is 0 Å². The van der Waals surface area contributed by atoms with Gasteiger partial charge in [0.05, 0.1) is 11.7 Å². The van der Waals surface area contributed by atoms with Crippen LogP contribution in [0.4, 0.5) is 0 Å². The third kappa shape index (κ3) is 2.77. The molecule has 0 bridgehead atoms. The average molecular weight is 246 g/mol. The van der Waals surface area contributed by atoms with Crippen molar-refractivity contribution >= 4 is 0 Å². The van der Waals surface area contributed by atoms with Crippen LogP contribution in [-0.2, 0) is 16.6 Å². The molecule has 0 saturated carbocycles. The molecule has 0 radical (unpaired) electrons. The van der Waals surface area contributed by atoms with Gasteiger partial charge in [0, 0.05) is 0 Å². The van der Waals surface area contributed by atoms with Crippen LogP contribution in [0.25, 0.3) is 0 Å². The van der Waals surface area contributed by atoms with Crippen molar-refractivity contribution in [2.75, 3.05) is 0 Å². The normalized spacial score (nSPS) is 20.0. The molecule has 0 N–H and O–H groups in total. The van der Waals surface area contributed by atoms with E-state index < -0.39 is 0 Å². The summed E-state index contributed by atoms with van der Waals surface area (Å²) in [5.74, 6) is 0. The summed E-state index contributed by atoms with van der Waals surface area (Å²) in [4.78, 5) is 0. The first kappa shape index (κ1) is 13.6. The first-order valence-corrected chi connectivity index (χ1v) is 6.98. The van der Waals surface area contributed by atoms with E-state index >= 15 is 0 Å². The Morgan fingerprint density at radius 2 is 1.72 bits per heavy atom. The Kier molecular flexibility index (Phi) is 3.31. The molecular formula is C17H26O. The number of hydrogen-bond donors (Lipinski definition) is 0. The molecule has 0 aliphatic heterocycles. The Bertz CT molecular complexity index is 432. The second-order valence-corrected chi connectivity index (χ2v) is 7.38. The maximum atomic E-state index is 6.19. The Hall–Kier alpha value is -0.820. The molecule has 1 aliphatic rings. The fourth-order valence-electron chi connectivity index (χ4n) is 2.87. The molecule has 1 aromatic carbocycles.